The molecule has 1 aliphatic heterocycles. The van der Waals surface area contributed by atoms with Crippen molar-refractivity contribution in [3.63, 3.8) is 0 Å². The Morgan fingerprint density at radius 2 is 2.00 bits per heavy atom. The highest BCUT2D eigenvalue weighted by atomic mass is 32.1. The number of nitrogens with zero attached hydrogens (tertiary/aromatic N) is 3. The predicted molar refractivity (Wildman–Crippen MR) is 145 cm³/mol. The maximum absolute atomic E-state index is 14.6. The smallest absolute Gasteiger partial charge is 0.299 e. The number of benzene rings is 1. The minimum Gasteiger partial charge on any atom is -0.398 e. The minimum absolute atomic E-state index is 0.0268. The number of carbonyl (C=O) groups excluding carboxylic acids is 1. The first-order chi connectivity index (χ1) is 17.8. The summed E-state index contributed by atoms with van der Waals surface area (Å²) < 4.78 is 29.2. The molecular formula is C28H37F2N5OS. The van der Waals surface area contributed by atoms with E-state index in [-0.39, 0.29) is 29.3 Å². The van der Waals surface area contributed by atoms with Gasteiger partial charge < -0.3 is 11.1 Å². The third-order valence-corrected chi connectivity index (χ3v) is 9.31. The zero-order valence-corrected chi connectivity index (χ0v) is 22.3. The van der Waals surface area contributed by atoms with Crippen molar-refractivity contribution < 1.29 is 13.6 Å². The molecule has 6 nitrogen and oxygen atoms in total. The van der Waals surface area contributed by atoms with Gasteiger partial charge in [-0.05, 0) is 81.9 Å². The molecule has 1 aromatic heterocycles. The minimum atomic E-state index is -2.78. The van der Waals surface area contributed by atoms with E-state index < -0.39 is 5.92 Å². The van der Waals surface area contributed by atoms with Crippen molar-refractivity contribution in [3.05, 3.63) is 44.9 Å². The van der Waals surface area contributed by atoms with Crippen LogP contribution in [-0.4, -0.2) is 48.2 Å². The molecule has 1 amide bonds. The molecule has 0 radical (unpaired) electrons. The highest BCUT2D eigenvalue weighted by molar-refractivity contribution is 7.11. The third kappa shape index (κ3) is 6.37. The van der Waals surface area contributed by atoms with E-state index in [1.807, 2.05) is 0 Å². The van der Waals surface area contributed by atoms with Gasteiger partial charge in [-0.3, -0.25) is 14.7 Å². The molecule has 1 aromatic carbocycles. The predicted octanol–water partition coefficient (Wildman–Crippen LogP) is 5.40. The third-order valence-electron chi connectivity index (χ3n) is 8.04. The molecule has 2 aliphatic carbocycles. The number of anilines is 1. The van der Waals surface area contributed by atoms with Gasteiger partial charge in [-0.15, -0.1) is 11.3 Å². The summed E-state index contributed by atoms with van der Waals surface area (Å²) in [6.07, 6.45) is 9.46. The Morgan fingerprint density at radius 3 is 2.73 bits per heavy atom. The molecule has 2 heterocycles. The van der Waals surface area contributed by atoms with Crippen LogP contribution in [0.3, 0.4) is 0 Å². The first-order valence-corrected chi connectivity index (χ1v) is 14.3. The van der Waals surface area contributed by atoms with Crippen LogP contribution in [-0.2, 0) is 18.9 Å². The van der Waals surface area contributed by atoms with Gasteiger partial charge in [-0.25, -0.2) is 4.98 Å². The van der Waals surface area contributed by atoms with Crippen LogP contribution in [0.15, 0.2) is 23.2 Å². The van der Waals surface area contributed by atoms with E-state index in [0.717, 1.165) is 75.0 Å². The molecule has 3 N–H and O–H groups in total. The number of halogens is 2. The number of nitrogens with two attached hydrogens (primary N) is 1. The van der Waals surface area contributed by atoms with E-state index in [9.17, 15) is 13.6 Å². The van der Waals surface area contributed by atoms with Crippen molar-refractivity contribution >= 4 is 29.1 Å². The summed E-state index contributed by atoms with van der Waals surface area (Å²) in [5, 5.41) is 3.22. The first kappa shape index (κ1) is 26.2. The zero-order valence-electron chi connectivity index (χ0n) is 21.5. The van der Waals surface area contributed by atoms with Crippen molar-refractivity contribution in [1.82, 2.24) is 15.2 Å². The molecule has 0 unspecified atom stereocenters. The van der Waals surface area contributed by atoms with Crippen molar-refractivity contribution in [2.75, 3.05) is 25.9 Å². The van der Waals surface area contributed by atoms with Gasteiger partial charge in [0, 0.05) is 54.9 Å². The summed E-state index contributed by atoms with van der Waals surface area (Å²) in [5.74, 6) is -2.07. The standard InChI is InChI=1S/C28H37F2N5OS/c1-32-16-22-21(3-2-4-23(22)31)26(36)33-20-9-7-18(8-10-20)11-13-35-14-12-25-24(17-35)34-27(37-25)28(29,30)15-19-5-6-19/h2-4,16,18-20H,5-15,17,31H2,1H3,(H,33,36). The van der Waals surface area contributed by atoms with Gasteiger partial charge in [0.25, 0.3) is 11.8 Å². The van der Waals surface area contributed by atoms with Crippen molar-refractivity contribution in [1.29, 1.82) is 0 Å². The Morgan fingerprint density at radius 1 is 1.24 bits per heavy atom. The SMILES string of the molecule is CN=Cc1c(N)cccc1C(=O)NC1CCC(CCN2CCc3sc(C(F)(F)CC4CC4)nc3C2)CC1. The Bertz CT molecular complexity index is 1140. The number of aliphatic imine (C=N–C) groups is 1. The lowest BCUT2D eigenvalue weighted by molar-refractivity contribution is -0.0192. The van der Waals surface area contributed by atoms with E-state index in [1.165, 1.54) is 11.3 Å². The van der Waals surface area contributed by atoms with Gasteiger partial charge >= 0.3 is 0 Å². The second-order valence-electron chi connectivity index (χ2n) is 10.9. The fourth-order valence-electron chi connectivity index (χ4n) is 5.65. The summed E-state index contributed by atoms with van der Waals surface area (Å²) in [6, 6.07) is 5.53. The van der Waals surface area contributed by atoms with Crippen molar-refractivity contribution in [2.45, 2.75) is 76.3 Å². The summed E-state index contributed by atoms with van der Waals surface area (Å²) in [6.45, 7) is 2.56. The average molecular weight is 530 g/mol. The normalized spacial score (nSPS) is 22.8. The largest absolute Gasteiger partial charge is 0.398 e. The summed E-state index contributed by atoms with van der Waals surface area (Å²) in [4.78, 5) is 24.8. The maximum Gasteiger partial charge on any atom is 0.299 e. The maximum atomic E-state index is 14.6. The Kier molecular flexibility index (Phi) is 7.91. The van der Waals surface area contributed by atoms with Crippen molar-refractivity contribution in [2.24, 2.45) is 16.8 Å². The highest BCUT2D eigenvalue weighted by Crippen LogP contribution is 2.45. The van der Waals surface area contributed by atoms with E-state index in [2.05, 4.69) is 20.2 Å². The van der Waals surface area contributed by atoms with Crippen LogP contribution in [0.4, 0.5) is 14.5 Å². The fraction of sp³-hybridized carbons (Fsp3) is 0.607. The van der Waals surface area contributed by atoms with Gasteiger partial charge in [0.1, 0.15) is 0 Å². The quantitative estimate of drug-likeness (QED) is 0.336. The molecule has 5 rings (SSSR count). The molecule has 0 bridgehead atoms. The lowest BCUT2D eigenvalue weighted by atomic mass is 9.84. The van der Waals surface area contributed by atoms with Crippen LogP contribution in [0.5, 0.6) is 0 Å². The molecule has 2 saturated carbocycles. The molecule has 0 saturated heterocycles. The highest BCUT2D eigenvalue weighted by Gasteiger charge is 2.42. The number of hydrogen-bond donors (Lipinski definition) is 2. The van der Waals surface area contributed by atoms with Gasteiger partial charge in [0.05, 0.1) is 11.3 Å². The van der Waals surface area contributed by atoms with E-state index in [4.69, 9.17) is 5.73 Å². The average Bonchev–Trinajstić information content (AvgIpc) is 3.57. The molecular weight excluding hydrogens is 492 g/mol. The number of thiazole rings is 1. The second-order valence-corrected chi connectivity index (χ2v) is 12.0. The molecule has 0 spiro atoms. The monoisotopic (exact) mass is 529 g/mol. The molecule has 200 valence electrons. The van der Waals surface area contributed by atoms with E-state index >= 15 is 0 Å². The second kappa shape index (κ2) is 11.2. The fourth-order valence-corrected chi connectivity index (χ4v) is 6.69. The van der Waals surface area contributed by atoms with Gasteiger partial charge in [-0.1, -0.05) is 6.07 Å². The number of nitrogen functional groups attached to an aromatic ring is 1. The molecule has 2 fully saturated rings. The number of rotatable bonds is 9. The number of alkyl halides is 2. The number of nitrogens with one attached hydrogen (secondary N) is 1. The molecule has 37 heavy (non-hydrogen) atoms. The number of amides is 1. The lowest BCUT2D eigenvalue weighted by Crippen LogP contribution is -2.38. The van der Waals surface area contributed by atoms with Crippen LogP contribution < -0.4 is 11.1 Å². The molecule has 2 aromatic rings. The summed E-state index contributed by atoms with van der Waals surface area (Å²) in [5.41, 5.74) is 8.69. The van der Waals surface area contributed by atoms with Gasteiger partial charge in [0.15, 0.2) is 5.01 Å². The zero-order chi connectivity index (χ0) is 26.0. The number of carbonyl (C=O) groups is 1. The number of fused-ring (bicyclic) bond motifs is 1. The van der Waals surface area contributed by atoms with E-state index in [1.54, 1.807) is 31.5 Å². The Hall–Kier alpha value is -2.39. The first-order valence-electron chi connectivity index (χ1n) is 13.5. The van der Waals surface area contributed by atoms with Crippen LogP contribution in [0.25, 0.3) is 0 Å². The van der Waals surface area contributed by atoms with Gasteiger partial charge in [-0.2, -0.15) is 8.78 Å². The van der Waals surface area contributed by atoms with Crippen LogP contribution in [0, 0.1) is 11.8 Å². The molecule has 3 aliphatic rings. The van der Waals surface area contributed by atoms with Crippen LogP contribution in [0.1, 0.15) is 82.9 Å². The van der Waals surface area contributed by atoms with Gasteiger partial charge in [0.2, 0.25) is 0 Å². The summed E-state index contributed by atoms with van der Waals surface area (Å²) >= 11 is 1.23. The molecule has 9 heteroatoms. The van der Waals surface area contributed by atoms with E-state index in [0.29, 0.717) is 29.3 Å². The number of hydrogen-bond acceptors (Lipinski definition) is 6. The van der Waals surface area contributed by atoms with Crippen LogP contribution in [0.2, 0.25) is 0 Å². The summed E-state index contributed by atoms with van der Waals surface area (Å²) in [7, 11) is 1.67. The van der Waals surface area contributed by atoms with Crippen LogP contribution >= 0.6 is 11.3 Å². The Balaban J connectivity index is 1.07. The lowest BCUT2D eigenvalue weighted by Gasteiger charge is -2.32. The van der Waals surface area contributed by atoms with Crippen molar-refractivity contribution in [3.8, 4) is 0 Å². The number of aromatic nitrogens is 1. The molecule has 0 atom stereocenters. The topological polar surface area (TPSA) is 83.6 Å². The Labute approximate surface area is 221 Å².